The van der Waals surface area contributed by atoms with Crippen molar-refractivity contribution in [1.29, 1.82) is 0 Å². The van der Waals surface area contributed by atoms with Crippen LogP contribution in [0.2, 0.25) is 10.0 Å². The van der Waals surface area contributed by atoms with Gasteiger partial charge in [0.05, 0.1) is 10.0 Å². The summed E-state index contributed by atoms with van der Waals surface area (Å²) < 4.78 is 0. The number of nitrogens with zero attached hydrogens (tertiary/aromatic N) is 6. The van der Waals surface area contributed by atoms with Gasteiger partial charge in [-0.1, -0.05) is 29.3 Å². The molecule has 0 saturated heterocycles. The summed E-state index contributed by atoms with van der Waals surface area (Å²) in [7, 11) is 0. The van der Waals surface area contributed by atoms with Crippen molar-refractivity contribution in [3.8, 4) is 17.2 Å². The zero-order chi connectivity index (χ0) is 27.4. The van der Waals surface area contributed by atoms with Gasteiger partial charge in [0.2, 0.25) is 0 Å². The van der Waals surface area contributed by atoms with Crippen LogP contribution < -0.4 is 0 Å². The molecule has 10 nitrogen and oxygen atoms in total. The topological polar surface area (TPSA) is 152 Å². The molecule has 0 unspecified atom stereocenters. The number of hydrogen-bond acceptors (Lipinski definition) is 9. The van der Waals surface area contributed by atoms with E-state index in [2.05, 4.69) is 34.9 Å². The number of phenolic OH excluding ortho intramolecular Hbond substituents is 3. The van der Waals surface area contributed by atoms with E-state index < -0.39 is 0 Å². The lowest BCUT2D eigenvalue weighted by molar-refractivity contribution is 0.403. The van der Waals surface area contributed by atoms with Crippen LogP contribution in [0.1, 0.15) is 16.7 Å². The van der Waals surface area contributed by atoms with E-state index in [-0.39, 0.29) is 35.1 Å². The van der Waals surface area contributed by atoms with Crippen LogP contribution in [0.3, 0.4) is 0 Å². The van der Waals surface area contributed by atoms with Crippen LogP contribution in [0.15, 0.2) is 75.8 Å². The molecule has 0 aliphatic heterocycles. The lowest BCUT2D eigenvalue weighted by Crippen LogP contribution is -1.92. The SMILES string of the molecule is Oc1ccc2[nH]cc(CC=Nc3nc(N=Cc4ccc(O)c(O)c4)nc(N=Cc4c(Cl)cccc4Cl)n3)c2c1. The summed E-state index contributed by atoms with van der Waals surface area (Å²) in [5, 5.41) is 30.8. The highest BCUT2D eigenvalue weighted by atomic mass is 35.5. The Morgan fingerprint density at radius 3 is 2.18 bits per heavy atom. The van der Waals surface area contributed by atoms with Crippen molar-refractivity contribution >= 4 is 70.6 Å². The zero-order valence-electron chi connectivity index (χ0n) is 20.0. The third kappa shape index (κ3) is 6.20. The number of hydrogen-bond donors (Lipinski definition) is 4. The second-order valence-electron chi connectivity index (χ2n) is 8.19. The molecule has 5 rings (SSSR count). The van der Waals surface area contributed by atoms with Crippen molar-refractivity contribution in [2.24, 2.45) is 15.0 Å². The summed E-state index contributed by atoms with van der Waals surface area (Å²) >= 11 is 12.5. The second kappa shape index (κ2) is 11.3. The molecule has 0 saturated carbocycles. The number of aliphatic imine (C=N–C) groups is 3. The molecule has 0 amide bonds. The number of halogens is 2. The third-order valence-corrected chi connectivity index (χ3v) is 6.17. The molecule has 0 fully saturated rings. The van der Waals surface area contributed by atoms with Crippen molar-refractivity contribution in [2.75, 3.05) is 0 Å². The fourth-order valence-electron chi connectivity index (χ4n) is 3.59. The van der Waals surface area contributed by atoms with Crippen molar-refractivity contribution in [3.05, 3.63) is 87.5 Å². The smallest absolute Gasteiger partial charge is 0.256 e. The average Bonchev–Trinajstić information content (AvgIpc) is 3.31. The van der Waals surface area contributed by atoms with Crippen molar-refractivity contribution in [2.45, 2.75) is 6.42 Å². The number of rotatable bonds is 7. The van der Waals surface area contributed by atoms with Crippen LogP contribution in [0, 0.1) is 0 Å². The molecule has 12 heteroatoms. The fourth-order valence-corrected chi connectivity index (χ4v) is 4.08. The first-order valence-corrected chi connectivity index (χ1v) is 12.2. The molecule has 2 aromatic heterocycles. The first kappa shape index (κ1) is 25.8. The molecule has 0 bridgehead atoms. The third-order valence-electron chi connectivity index (χ3n) is 5.51. The van der Waals surface area contributed by atoms with E-state index in [0.717, 1.165) is 16.5 Å². The van der Waals surface area contributed by atoms with Crippen LogP contribution >= 0.6 is 23.2 Å². The van der Waals surface area contributed by atoms with Gasteiger partial charge < -0.3 is 20.3 Å². The standard InChI is InChI=1S/C27H19Cl2N7O3/c28-20-2-1-3-21(29)19(20)14-33-27-35-25(30-9-8-16-13-31-22-6-5-17(37)11-18(16)22)34-26(36-27)32-12-15-4-7-23(38)24(39)10-15/h1-7,9-14,31,37-39H,8H2. The minimum atomic E-state index is -0.285. The number of aromatic hydroxyl groups is 3. The molecule has 39 heavy (non-hydrogen) atoms. The van der Waals surface area contributed by atoms with Gasteiger partial charge >= 0.3 is 0 Å². The van der Waals surface area contributed by atoms with Gasteiger partial charge in [-0.2, -0.15) is 15.0 Å². The number of phenols is 3. The summed E-state index contributed by atoms with van der Waals surface area (Å²) in [6.07, 6.45) is 6.77. The summed E-state index contributed by atoms with van der Waals surface area (Å²) in [6, 6.07) is 14.4. The Morgan fingerprint density at radius 2 is 1.46 bits per heavy atom. The largest absolute Gasteiger partial charge is 0.508 e. The summed E-state index contributed by atoms with van der Waals surface area (Å²) in [4.78, 5) is 28.9. The zero-order valence-corrected chi connectivity index (χ0v) is 21.5. The Kier molecular flexibility index (Phi) is 7.48. The Bertz CT molecular complexity index is 1750. The van der Waals surface area contributed by atoms with Crippen LogP contribution in [0.5, 0.6) is 17.2 Å². The lowest BCUT2D eigenvalue weighted by Gasteiger charge is -2.01. The molecule has 194 valence electrons. The molecule has 0 atom stereocenters. The number of H-pyrrole nitrogens is 1. The molecule has 3 aromatic carbocycles. The van der Waals surface area contributed by atoms with Crippen molar-refractivity contribution in [1.82, 2.24) is 19.9 Å². The van der Waals surface area contributed by atoms with Gasteiger partial charge in [-0.05, 0) is 59.7 Å². The van der Waals surface area contributed by atoms with Crippen molar-refractivity contribution in [3.63, 3.8) is 0 Å². The summed E-state index contributed by atoms with van der Waals surface area (Å²) in [5.74, 6) is -0.268. The van der Waals surface area contributed by atoms with E-state index in [4.69, 9.17) is 23.2 Å². The Hall–Kier alpha value is -4.80. The Balaban J connectivity index is 1.46. The Morgan fingerprint density at radius 1 is 0.769 bits per heavy atom. The monoisotopic (exact) mass is 559 g/mol. The summed E-state index contributed by atoms with van der Waals surface area (Å²) in [5.41, 5.74) is 2.82. The molecule has 2 heterocycles. The second-order valence-corrected chi connectivity index (χ2v) is 9.01. The maximum Gasteiger partial charge on any atom is 0.256 e. The first-order chi connectivity index (χ1) is 18.9. The van der Waals surface area contributed by atoms with Gasteiger partial charge in [0.25, 0.3) is 17.8 Å². The molecule has 4 N–H and O–H groups in total. The molecular formula is C27H19Cl2N7O3. The molecule has 0 spiro atoms. The predicted molar refractivity (Wildman–Crippen MR) is 152 cm³/mol. The number of aromatic amines is 1. The normalized spacial score (nSPS) is 11.9. The number of fused-ring (bicyclic) bond motifs is 1. The minimum absolute atomic E-state index is 0.0131. The van der Waals surface area contributed by atoms with Gasteiger partial charge in [-0.15, -0.1) is 0 Å². The molecule has 0 aliphatic rings. The number of benzene rings is 3. The number of nitrogens with one attached hydrogen (secondary N) is 1. The highest BCUT2D eigenvalue weighted by Gasteiger charge is 2.08. The molecule has 0 aliphatic carbocycles. The van der Waals surface area contributed by atoms with Crippen LogP contribution in [0.4, 0.5) is 17.8 Å². The van der Waals surface area contributed by atoms with E-state index in [1.54, 1.807) is 48.7 Å². The first-order valence-electron chi connectivity index (χ1n) is 11.5. The van der Waals surface area contributed by atoms with Gasteiger partial charge in [-0.3, -0.25) is 0 Å². The van der Waals surface area contributed by atoms with Gasteiger partial charge in [0.1, 0.15) is 5.75 Å². The fraction of sp³-hybridized carbons (Fsp3) is 0.0370. The van der Waals surface area contributed by atoms with Crippen LogP contribution in [-0.2, 0) is 6.42 Å². The van der Waals surface area contributed by atoms with E-state index >= 15 is 0 Å². The molecule has 0 radical (unpaired) electrons. The average molecular weight is 560 g/mol. The van der Waals surface area contributed by atoms with Crippen LogP contribution in [0.25, 0.3) is 10.9 Å². The molecule has 5 aromatic rings. The summed E-state index contributed by atoms with van der Waals surface area (Å²) in [6.45, 7) is 0. The van der Waals surface area contributed by atoms with Crippen LogP contribution in [-0.4, -0.2) is 53.9 Å². The predicted octanol–water partition coefficient (Wildman–Crippen LogP) is 6.22. The quantitative estimate of drug-likeness (QED) is 0.137. The van der Waals surface area contributed by atoms with E-state index in [9.17, 15) is 15.3 Å². The maximum absolute atomic E-state index is 9.82. The lowest BCUT2D eigenvalue weighted by atomic mass is 10.1. The highest BCUT2D eigenvalue weighted by molar-refractivity contribution is 6.38. The van der Waals surface area contributed by atoms with E-state index in [0.29, 0.717) is 27.6 Å². The number of aromatic nitrogens is 4. The van der Waals surface area contributed by atoms with Crippen molar-refractivity contribution < 1.29 is 15.3 Å². The molecular weight excluding hydrogens is 541 g/mol. The van der Waals surface area contributed by atoms with E-state index in [1.165, 1.54) is 24.6 Å². The van der Waals surface area contributed by atoms with Gasteiger partial charge in [0.15, 0.2) is 11.5 Å². The Labute approximate surface area is 231 Å². The van der Waals surface area contributed by atoms with Gasteiger partial charge in [0, 0.05) is 47.7 Å². The highest BCUT2D eigenvalue weighted by Crippen LogP contribution is 2.26. The van der Waals surface area contributed by atoms with Gasteiger partial charge in [-0.25, -0.2) is 15.0 Å². The maximum atomic E-state index is 9.82. The van der Waals surface area contributed by atoms with E-state index in [1.807, 2.05) is 6.20 Å². The minimum Gasteiger partial charge on any atom is -0.508 e.